The van der Waals surface area contributed by atoms with Gasteiger partial charge in [0, 0.05) is 12.0 Å². The van der Waals surface area contributed by atoms with Crippen LogP contribution in [0.25, 0.3) is 11.5 Å². The van der Waals surface area contributed by atoms with E-state index in [4.69, 9.17) is 10.3 Å². The number of anilines is 1. The second-order valence-corrected chi connectivity index (χ2v) is 4.59. The minimum atomic E-state index is -0.285. The highest BCUT2D eigenvalue weighted by molar-refractivity contribution is 5.64. The molecule has 1 aromatic heterocycles. The number of hydrogen-bond acceptors (Lipinski definition) is 5. The number of benzene rings is 2. The number of nitrogens with zero attached hydrogens (tertiary/aromatic N) is 2. The number of aromatic hydroxyl groups is 1. The van der Waals surface area contributed by atoms with E-state index in [1.165, 1.54) is 18.2 Å². The van der Waals surface area contributed by atoms with Crippen molar-refractivity contribution in [1.82, 2.24) is 10.1 Å². The number of nitrogens with two attached hydrogens (primary N) is 1. The first kappa shape index (κ1) is 13.1. The average Bonchev–Trinajstić information content (AvgIpc) is 2.93. The highest BCUT2D eigenvalue weighted by Gasteiger charge is 2.11. The number of phenolic OH excluding ortho intramolecular Hbond substituents is 1. The monoisotopic (exact) mass is 285 g/mol. The summed E-state index contributed by atoms with van der Waals surface area (Å²) in [4.78, 5) is 4.26. The van der Waals surface area contributed by atoms with Crippen LogP contribution in [0.3, 0.4) is 0 Å². The van der Waals surface area contributed by atoms with Gasteiger partial charge >= 0.3 is 0 Å². The van der Waals surface area contributed by atoms with Crippen molar-refractivity contribution >= 4 is 5.69 Å². The molecular formula is C15H12FN3O2. The second-order valence-electron chi connectivity index (χ2n) is 4.59. The summed E-state index contributed by atoms with van der Waals surface area (Å²) in [5, 5.41) is 13.3. The summed E-state index contributed by atoms with van der Waals surface area (Å²) < 4.78 is 18.0. The zero-order valence-electron chi connectivity index (χ0n) is 11.0. The highest BCUT2D eigenvalue weighted by Crippen LogP contribution is 2.26. The van der Waals surface area contributed by atoms with Gasteiger partial charge in [-0.15, -0.1) is 0 Å². The van der Waals surface area contributed by atoms with Gasteiger partial charge in [0.2, 0.25) is 0 Å². The maximum Gasteiger partial charge on any atom is 0.258 e. The van der Waals surface area contributed by atoms with Gasteiger partial charge in [-0.3, -0.25) is 0 Å². The molecule has 106 valence electrons. The van der Waals surface area contributed by atoms with Crippen LogP contribution in [-0.2, 0) is 6.42 Å². The first-order valence-electron chi connectivity index (χ1n) is 6.28. The maximum atomic E-state index is 12.8. The number of halogens is 1. The van der Waals surface area contributed by atoms with Gasteiger partial charge in [0.15, 0.2) is 5.82 Å². The Hall–Kier alpha value is -2.89. The molecule has 0 atom stereocenters. The lowest BCUT2D eigenvalue weighted by Gasteiger charge is -1.99. The average molecular weight is 285 g/mol. The number of phenols is 1. The molecule has 0 radical (unpaired) electrons. The van der Waals surface area contributed by atoms with Gasteiger partial charge in [-0.05, 0) is 35.9 Å². The van der Waals surface area contributed by atoms with Crippen LogP contribution in [0.1, 0.15) is 11.4 Å². The SMILES string of the molecule is Nc1cc(-c2nc(Cc3ccc(F)cc3)no2)ccc1O. The Bertz CT molecular complexity index is 769. The largest absolute Gasteiger partial charge is 0.506 e. The predicted octanol–water partition coefficient (Wildman–Crippen LogP) is 2.75. The van der Waals surface area contributed by atoms with E-state index in [-0.39, 0.29) is 17.3 Å². The maximum absolute atomic E-state index is 12.8. The molecule has 0 aliphatic rings. The highest BCUT2D eigenvalue weighted by atomic mass is 19.1. The van der Waals surface area contributed by atoms with Gasteiger partial charge < -0.3 is 15.4 Å². The van der Waals surface area contributed by atoms with Crippen molar-refractivity contribution in [2.75, 3.05) is 5.73 Å². The van der Waals surface area contributed by atoms with Crippen molar-refractivity contribution in [2.45, 2.75) is 6.42 Å². The molecule has 3 rings (SSSR count). The summed E-state index contributed by atoms with van der Waals surface area (Å²) in [6.45, 7) is 0. The molecule has 3 N–H and O–H groups in total. The number of aromatic nitrogens is 2. The van der Waals surface area contributed by atoms with Crippen molar-refractivity contribution in [2.24, 2.45) is 0 Å². The minimum Gasteiger partial charge on any atom is -0.506 e. The molecule has 3 aromatic rings. The van der Waals surface area contributed by atoms with Gasteiger partial charge in [0.05, 0.1) is 5.69 Å². The quantitative estimate of drug-likeness (QED) is 0.571. The van der Waals surface area contributed by atoms with Crippen LogP contribution in [0.5, 0.6) is 5.75 Å². The van der Waals surface area contributed by atoms with Gasteiger partial charge in [-0.2, -0.15) is 4.98 Å². The lowest BCUT2D eigenvalue weighted by atomic mass is 10.1. The second kappa shape index (κ2) is 5.24. The van der Waals surface area contributed by atoms with E-state index in [1.54, 1.807) is 24.3 Å². The molecular weight excluding hydrogens is 273 g/mol. The summed E-state index contributed by atoms with van der Waals surface area (Å²) >= 11 is 0. The fraction of sp³-hybridized carbons (Fsp3) is 0.0667. The normalized spacial score (nSPS) is 10.7. The third kappa shape index (κ3) is 2.84. The van der Waals surface area contributed by atoms with Crippen LogP contribution in [0.2, 0.25) is 0 Å². The summed E-state index contributed by atoms with van der Waals surface area (Å²) in [6.07, 6.45) is 0.442. The zero-order chi connectivity index (χ0) is 14.8. The number of nitrogen functional groups attached to an aromatic ring is 1. The molecule has 21 heavy (non-hydrogen) atoms. The minimum absolute atomic E-state index is 0.00445. The Morgan fingerprint density at radius 1 is 1.14 bits per heavy atom. The number of rotatable bonds is 3. The van der Waals surface area contributed by atoms with Crippen molar-refractivity contribution in [3.8, 4) is 17.2 Å². The molecule has 2 aromatic carbocycles. The van der Waals surface area contributed by atoms with Crippen molar-refractivity contribution in [3.63, 3.8) is 0 Å². The third-order valence-corrected chi connectivity index (χ3v) is 3.02. The zero-order valence-corrected chi connectivity index (χ0v) is 11.0. The predicted molar refractivity (Wildman–Crippen MR) is 75.0 cm³/mol. The van der Waals surface area contributed by atoms with Gasteiger partial charge in [0.25, 0.3) is 5.89 Å². The van der Waals surface area contributed by atoms with E-state index in [2.05, 4.69) is 10.1 Å². The van der Waals surface area contributed by atoms with Crippen LogP contribution in [0.15, 0.2) is 47.0 Å². The molecule has 0 aliphatic heterocycles. The van der Waals surface area contributed by atoms with E-state index in [0.29, 0.717) is 23.7 Å². The Labute approximate surface area is 119 Å². The van der Waals surface area contributed by atoms with Gasteiger partial charge in [0.1, 0.15) is 11.6 Å². The summed E-state index contributed by atoms with van der Waals surface area (Å²) in [5.74, 6) is 0.527. The van der Waals surface area contributed by atoms with Crippen molar-refractivity contribution in [1.29, 1.82) is 0 Å². The number of hydrogen-bond donors (Lipinski definition) is 2. The Morgan fingerprint density at radius 3 is 2.62 bits per heavy atom. The first-order chi connectivity index (χ1) is 10.1. The summed E-state index contributed by atoms with van der Waals surface area (Å²) in [6, 6.07) is 10.8. The van der Waals surface area contributed by atoms with E-state index < -0.39 is 0 Å². The Morgan fingerprint density at radius 2 is 1.90 bits per heavy atom. The van der Waals surface area contributed by atoms with Crippen LogP contribution in [0.4, 0.5) is 10.1 Å². The van der Waals surface area contributed by atoms with Crippen LogP contribution >= 0.6 is 0 Å². The van der Waals surface area contributed by atoms with Crippen LogP contribution in [-0.4, -0.2) is 15.2 Å². The molecule has 0 amide bonds. The first-order valence-corrected chi connectivity index (χ1v) is 6.28. The van der Waals surface area contributed by atoms with E-state index in [1.807, 2.05) is 0 Å². The molecule has 0 saturated heterocycles. The fourth-order valence-corrected chi connectivity index (χ4v) is 1.92. The molecule has 5 nitrogen and oxygen atoms in total. The Kier molecular flexibility index (Phi) is 3.27. The molecule has 0 saturated carbocycles. The lowest BCUT2D eigenvalue weighted by Crippen LogP contribution is -1.91. The molecule has 0 bridgehead atoms. The van der Waals surface area contributed by atoms with Crippen molar-refractivity contribution < 1.29 is 14.0 Å². The van der Waals surface area contributed by atoms with Crippen LogP contribution in [0, 0.1) is 5.82 Å². The molecule has 0 spiro atoms. The summed E-state index contributed by atoms with van der Waals surface area (Å²) in [7, 11) is 0. The van der Waals surface area contributed by atoms with E-state index in [9.17, 15) is 9.50 Å². The van der Waals surface area contributed by atoms with E-state index in [0.717, 1.165) is 5.56 Å². The molecule has 0 fully saturated rings. The van der Waals surface area contributed by atoms with Crippen molar-refractivity contribution in [3.05, 3.63) is 59.7 Å². The smallest absolute Gasteiger partial charge is 0.258 e. The molecule has 1 heterocycles. The summed E-state index contributed by atoms with van der Waals surface area (Å²) in [5.41, 5.74) is 7.38. The van der Waals surface area contributed by atoms with Crippen LogP contribution < -0.4 is 5.73 Å². The fourth-order valence-electron chi connectivity index (χ4n) is 1.92. The molecule has 0 unspecified atom stereocenters. The van der Waals surface area contributed by atoms with Gasteiger partial charge in [-0.25, -0.2) is 4.39 Å². The van der Waals surface area contributed by atoms with Gasteiger partial charge in [-0.1, -0.05) is 17.3 Å². The molecule has 6 heteroatoms. The van der Waals surface area contributed by atoms with E-state index >= 15 is 0 Å². The topological polar surface area (TPSA) is 85.2 Å². The lowest BCUT2D eigenvalue weighted by molar-refractivity contribution is 0.424. The standard InChI is InChI=1S/C15H12FN3O2/c16-11-4-1-9(2-5-11)7-14-18-15(21-19-14)10-3-6-13(20)12(17)8-10/h1-6,8,20H,7,17H2. The third-order valence-electron chi connectivity index (χ3n) is 3.02. The molecule has 0 aliphatic carbocycles. The Balaban J connectivity index is 1.82.